The normalized spacial score (nSPS) is 17.5. The Bertz CT molecular complexity index is 935. The van der Waals surface area contributed by atoms with E-state index in [1.807, 2.05) is 6.08 Å². The molecule has 2 aromatic rings. The summed E-state index contributed by atoms with van der Waals surface area (Å²) in [5.41, 5.74) is 4.96. The van der Waals surface area contributed by atoms with Gasteiger partial charge in [0.25, 0.3) is 0 Å². The van der Waals surface area contributed by atoms with Crippen molar-refractivity contribution in [3.05, 3.63) is 64.5 Å². The van der Waals surface area contributed by atoms with Gasteiger partial charge in [-0.1, -0.05) is 19.8 Å². The summed E-state index contributed by atoms with van der Waals surface area (Å²) in [6.45, 7) is 4.28. The Morgan fingerprint density at radius 3 is 2.96 bits per heavy atom. The van der Waals surface area contributed by atoms with Crippen molar-refractivity contribution in [3.8, 4) is 0 Å². The van der Waals surface area contributed by atoms with Crippen LogP contribution in [0, 0.1) is 6.92 Å². The van der Waals surface area contributed by atoms with Crippen molar-refractivity contribution in [2.45, 2.75) is 39.5 Å². The first-order chi connectivity index (χ1) is 12.9. The lowest BCUT2D eigenvalue weighted by Crippen LogP contribution is -1.93. The van der Waals surface area contributed by atoms with Gasteiger partial charge in [-0.3, -0.25) is 0 Å². The van der Waals surface area contributed by atoms with Gasteiger partial charge in [-0.2, -0.15) is 0 Å². The summed E-state index contributed by atoms with van der Waals surface area (Å²) >= 11 is 0. The Hall–Kier alpha value is -2.49. The predicted octanol–water partition coefficient (Wildman–Crippen LogP) is 4.76. The molecule has 0 atom stereocenters. The highest BCUT2D eigenvalue weighted by atomic mass is 16.5. The fraction of sp³-hybridized carbons (Fsp3) is 0.350. The third-order valence-electron chi connectivity index (χ3n) is 4.16. The molecule has 2 N–H and O–H groups in total. The van der Waals surface area contributed by atoms with Crippen molar-refractivity contribution in [2.75, 3.05) is 7.11 Å². The molecule has 0 radical (unpaired) electrons. The third kappa shape index (κ3) is 3.53. The molecule has 0 unspecified atom stereocenters. The van der Waals surface area contributed by atoms with Crippen LogP contribution in [0.4, 0.5) is 0 Å². The van der Waals surface area contributed by atoms with E-state index in [1.54, 1.807) is 13.2 Å². The summed E-state index contributed by atoms with van der Waals surface area (Å²) in [6, 6.07) is 1.99. The zero-order valence-electron chi connectivity index (χ0n) is 17.4. The molecule has 0 fully saturated rings. The minimum absolute atomic E-state index is 0.0272. The van der Waals surface area contributed by atoms with Crippen molar-refractivity contribution >= 4 is 11.8 Å². The molecule has 2 aromatic heterocycles. The molecule has 0 spiro atoms. The van der Waals surface area contributed by atoms with E-state index >= 15 is 0 Å². The molecule has 0 saturated carbocycles. The van der Waals surface area contributed by atoms with Crippen LogP contribution in [-0.4, -0.2) is 22.8 Å². The highest BCUT2D eigenvalue weighted by molar-refractivity contribution is 6.11. The second-order valence-electron chi connectivity index (χ2n) is 5.95. The minimum atomic E-state index is -0.130. The maximum atomic E-state index is 7.99. The minimum Gasteiger partial charge on any atom is -0.494 e. The second-order valence-corrected chi connectivity index (χ2v) is 5.95. The molecule has 0 aromatic carbocycles. The first-order valence-corrected chi connectivity index (χ1v) is 8.35. The summed E-state index contributed by atoms with van der Waals surface area (Å²) in [5.74, 6) is 0.594. The Balaban J connectivity index is 1.89. The van der Waals surface area contributed by atoms with E-state index < -0.39 is 0 Å². The molecule has 0 aliphatic carbocycles. The van der Waals surface area contributed by atoms with Crippen molar-refractivity contribution < 1.29 is 8.85 Å². The lowest BCUT2D eigenvalue weighted by Gasteiger charge is -2.00. The number of ether oxygens (including phenoxy) is 1. The number of hydrogen-bond donors (Lipinski definition) is 2. The molecule has 0 bridgehead atoms. The molecule has 0 saturated heterocycles. The van der Waals surface area contributed by atoms with Gasteiger partial charge in [0.15, 0.2) is 0 Å². The molecule has 3 rings (SSSR count). The van der Waals surface area contributed by atoms with Gasteiger partial charge in [0.05, 0.1) is 22.6 Å². The Kier molecular flexibility index (Phi) is 3.96. The zero-order valence-corrected chi connectivity index (χ0v) is 14.4. The summed E-state index contributed by atoms with van der Waals surface area (Å²) in [5, 5.41) is 0. The van der Waals surface area contributed by atoms with Gasteiger partial charge in [0.2, 0.25) is 0 Å². The predicted molar refractivity (Wildman–Crippen MR) is 99.2 cm³/mol. The lowest BCUT2D eigenvalue weighted by molar-refractivity contribution is 0.303. The third-order valence-corrected chi connectivity index (χ3v) is 4.16. The van der Waals surface area contributed by atoms with Gasteiger partial charge >= 0.3 is 0 Å². The molecule has 0 amide bonds. The number of aromatic nitrogens is 2. The van der Waals surface area contributed by atoms with Gasteiger partial charge in [0, 0.05) is 23.6 Å². The van der Waals surface area contributed by atoms with Gasteiger partial charge < -0.3 is 14.7 Å². The first kappa shape index (κ1) is 12.9. The lowest BCUT2D eigenvalue weighted by atomic mass is 10.1. The molecule has 3 heterocycles. The number of nitrogens with zero attached hydrogens (tertiary/aromatic N) is 1. The second kappa shape index (κ2) is 7.39. The summed E-state index contributed by atoms with van der Waals surface area (Å²) in [7, 11) is 1.58. The van der Waals surface area contributed by atoms with E-state index in [0.29, 0.717) is 22.9 Å². The van der Waals surface area contributed by atoms with Crippen LogP contribution in [0.5, 0.6) is 0 Å². The van der Waals surface area contributed by atoms with E-state index in [2.05, 4.69) is 34.9 Å². The summed E-state index contributed by atoms with van der Waals surface area (Å²) < 4.78 is 28.8. The Morgan fingerprint density at radius 1 is 1.38 bits per heavy atom. The number of unbranched alkanes of at least 4 members (excludes halogenated alkanes) is 2. The molecular weight excluding hydrogens is 298 g/mol. The molecule has 4 nitrogen and oxygen atoms in total. The van der Waals surface area contributed by atoms with Crippen LogP contribution in [0.1, 0.15) is 52.9 Å². The maximum absolute atomic E-state index is 7.99. The number of allylic oxidation sites excluding steroid dienone is 1. The number of H-pyrrole nitrogens is 2. The van der Waals surface area contributed by atoms with Gasteiger partial charge in [0.1, 0.15) is 11.5 Å². The number of nitrogens with one attached hydrogen (secondary N) is 2. The van der Waals surface area contributed by atoms with E-state index in [0.717, 1.165) is 12.1 Å². The number of hydrogen-bond acceptors (Lipinski definition) is 2. The number of rotatable bonds is 7. The number of aryl methyl sites for hydroxylation is 2. The smallest absolute Gasteiger partial charge is 0.146 e. The summed E-state index contributed by atoms with van der Waals surface area (Å²) in [4.78, 5) is 10.7. The van der Waals surface area contributed by atoms with Crippen LogP contribution < -0.4 is 0 Å². The van der Waals surface area contributed by atoms with Crippen molar-refractivity contribution in [2.24, 2.45) is 4.99 Å². The maximum Gasteiger partial charge on any atom is 0.146 e. The number of methoxy groups -OCH3 is 1. The van der Waals surface area contributed by atoms with Gasteiger partial charge in [-0.15, -0.1) is 0 Å². The highest BCUT2D eigenvalue weighted by Gasteiger charge is 2.17. The average molecular weight is 326 g/mol. The van der Waals surface area contributed by atoms with E-state index in [-0.39, 0.29) is 18.3 Å². The summed E-state index contributed by atoms with van der Waals surface area (Å²) in [6.07, 6.45) is 8.24. The molecule has 1 aliphatic rings. The fourth-order valence-corrected chi connectivity index (χ4v) is 2.84. The van der Waals surface area contributed by atoms with Crippen LogP contribution in [0.15, 0.2) is 46.8 Å². The quantitative estimate of drug-likeness (QED) is 0.708. The van der Waals surface area contributed by atoms with Crippen LogP contribution in [-0.2, 0) is 11.2 Å². The molecule has 4 heteroatoms. The SMILES string of the molecule is [2H]c1[nH]c(C2=NC(=Cc3cc(CCCCC)c(C)[nH]3)C(OC)=C2)c([2H])c1[2H]. The average Bonchev–Trinajstić information content (AvgIpc) is 3.28. The van der Waals surface area contributed by atoms with Gasteiger partial charge in [-0.25, -0.2) is 4.99 Å². The van der Waals surface area contributed by atoms with E-state index in [1.165, 1.54) is 30.5 Å². The molecular formula is C20H25N3O. The first-order valence-electron chi connectivity index (χ1n) is 9.85. The van der Waals surface area contributed by atoms with Crippen molar-refractivity contribution in [1.29, 1.82) is 0 Å². The van der Waals surface area contributed by atoms with Crippen molar-refractivity contribution in [1.82, 2.24) is 9.97 Å². The highest BCUT2D eigenvalue weighted by Crippen LogP contribution is 2.25. The topological polar surface area (TPSA) is 53.2 Å². The van der Waals surface area contributed by atoms with Crippen LogP contribution in [0.3, 0.4) is 0 Å². The standard InChI is InChI=1S/C20H25N3O/c1-4-5-6-8-15-11-16(22-14(15)2)12-19-20(24-3)13-18(23-19)17-9-7-10-21-17/h7,9-13,21-22H,4-6,8H2,1-3H3/i7D,9D,10D. The monoisotopic (exact) mass is 326 g/mol. The molecule has 24 heavy (non-hydrogen) atoms. The van der Waals surface area contributed by atoms with Gasteiger partial charge in [-0.05, 0) is 49.6 Å². The number of aromatic amines is 2. The van der Waals surface area contributed by atoms with E-state index in [9.17, 15) is 0 Å². The Morgan fingerprint density at radius 2 is 2.25 bits per heavy atom. The number of aliphatic imine (C=N–C) groups is 1. The van der Waals surface area contributed by atoms with Crippen molar-refractivity contribution in [3.63, 3.8) is 0 Å². The molecule has 1 aliphatic heterocycles. The van der Waals surface area contributed by atoms with Crippen LogP contribution >= 0.6 is 0 Å². The molecule has 126 valence electrons. The largest absolute Gasteiger partial charge is 0.494 e. The fourth-order valence-electron chi connectivity index (χ4n) is 2.84. The zero-order chi connectivity index (χ0) is 19.6. The van der Waals surface area contributed by atoms with Crippen LogP contribution in [0.25, 0.3) is 6.08 Å². The van der Waals surface area contributed by atoms with E-state index in [4.69, 9.17) is 8.85 Å². The van der Waals surface area contributed by atoms with Crippen LogP contribution in [0.2, 0.25) is 0 Å². The Labute approximate surface area is 147 Å².